The molecule has 2 N–H and O–H groups in total. The average Bonchev–Trinajstić information content (AvgIpc) is 2.55. The van der Waals surface area contributed by atoms with Crippen LogP contribution in [0.25, 0.3) is 0 Å². The third kappa shape index (κ3) is 5.67. The fourth-order valence-electron chi connectivity index (χ4n) is 2.38. The average molecular weight is 391 g/mol. The number of carbonyl (C=O) groups is 2. The minimum absolute atomic E-state index is 0. The molecule has 2 amide bonds. The highest BCUT2D eigenvalue weighted by Gasteiger charge is 2.25. The van der Waals surface area contributed by atoms with Crippen molar-refractivity contribution in [3.05, 3.63) is 24.3 Å². The van der Waals surface area contributed by atoms with Gasteiger partial charge in [0, 0.05) is 45.8 Å². The van der Waals surface area contributed by atoms with Gasteiger partial charge in [0.15, 0.2) is 0 Å². The van der Waals surface area contributed by atoms with E-state index in [1.807, 2.05) is 0 Å². The summed E-state index contributed by atoms with van der Waals surface area (Å²) >= 11 is 0. The Kier molecular flexibility index (Phi) is 7.81. The molecule has 0 radical (unpaired) electrons. The van der Waals surface area contributed by atoms with Gasteiger partial charge in [-0.25, -0.2) is 8.42 Å². The van der Waals surface area contributed by atoms with E-state index in [0.717, 1.165) is 4.31 Å². The van der Waals surface area contributed by atoms with Crippen molar-refractivity contribution in [1.82, 2.24) is 14.5 Å². The van der Waals surface area contributed by atoms with E-state index < -0.39 is 10.0 Å². The van der Waals surface area contributed by atoms with Crippen molar-refractivity contribution >= 4 is 39.9 Å². The van der Waals surface area contributed by atoms with E-state index in [2.05, 4.69) is 10.6 Å². The molecule has 0 bridgehead atoms. The van der Waals surface area contributed by atoms with Gasteiger partial charge in [-0.15, -0.1) is 12.4 Å². The number of likely N-dealkylation sites (N-methyl/N-ethyl adjacent to an activating group) is 1. The molecule has 10 heteroatoms. The Morgan fingerprint density at radius 3 is 2.28 bits per heavy atom. The number of anilines is 1. The number of hydrogen-bond acceptors (Lipinski definition) is 5. The summed E-state index contributed by atoms with van der Waals surface area (Å²) in [4.78, 5) is 24.9. The van der Waals surface area contributed by atoms with Gasteiger partial charge in [0.25, 0.3) is 0 Å². The zero-order valence-corrected chi connectivity index (χ0v) is 15.8. The summed E-state index contributed by atoms with van der Waals surface area (Å²) in [6, 6.07) is 5.85. The van der Waals surface area contributed by atoms with Gasteiger partial charge in [-0.2, -0.15) is 4.31 Å². The lowest BCUT2D eigenvalue weighted by Crippen LogP contribution is -2.49. The predicted molar refractivity (Wildman–Crippen MR) is 97.3 cm³/mol. The number of piperazine rings is 1. The number of benzene rings is 1. The van der Waals surface area contributed by atoms with E-state index >= 15 is 0 Å². The molecule has 0 spiro atoms. The summed E-state index contributed by atoms with van der Waals surface area (Å²) < 4.78 is 26.1. The summed E-state index contributed by atoms with van der Waals surface area (Å²) in [7, 11) is -2.37. The van der Waals surface area contributed by atoms with Gasteiger partial charge in [-0.1, -0.05) is 0 Å². The summed E-state index contributed by atoms with van der Waals surface area (Å²) in [6.07, 6.45) is 0. The van der Waals surface area contributed by atoms with Gasteiger partial charge in [0.2, 0.25) is 21.8 Å². The van der Waals surface area contributed by atoms with Gasteiger partial charge >= 0.3 is 0 Å². The molecule has 1 fully saturated rings. The fraction of sp³-hybridized carbons (Fsp3) is 0.467. The number of sulfonamides is 1. The first-order valence-electron chi connectivity index (χ1n) is 7.63. The molecule has 0 aromatic heterocycles. The first kappa shape index (κ1) is 21.4. The van der Waals surface area contributed by atoms with Crippen LogP contribution in [0.15, 0.2) is 29.2 Å². The van der Waals surface area contributed by atoms with Crippen LogP contribution in [0.5, 0.6) is 0 Å². The summed E-state index contributed by atoms with van der Waals surface area (Å²) in [5.41, 5.74) is 0.515. The molecule has 1 aliphatic rings. The van der Waals surface area contributed by atoms with E-state index in [9.17, 15) is 18.0 Å². The Balaban J connectivity index is 0.00000312. The Labute approximate surface area is 154 Å². The predicted octanol–water partition coefficient (Wildman–Crippen LogP) is 0.119. The van der Waals surface area contributed by atoms with Crippen LogP contribution in [0.1, 0.15) is 6.92 Å². The maximum Gasteiger partial charge on any atom is 0.243 e. The second-order valence-corrected chi connectivity index (χ2v) is 7.64. The zero-order chi connectivity index (χ0) is 17.7. The van der Waals surface area contributed by atoms with Crippen molar-refractivity contribution in [2.24, 2.45) is 0 Å². The molecule has 0 atom stereocenters. The second-order valence-electron chi connectivity index (χ2n) is 5.60. The van der Waals surface area contributed by atoms with Crippen LogP contribution in [-0.2, 0) is 19.6 Å². The van der Waals surface area contributed by atoms with E-state index in [1.54, 1.807) is 4.90 Å². The Hall–Kier alpha value is -1.68. The Morgan fingerprint density at radius 1 is 1.20 bits per heavy atom. The third-order valence-electron chi connectivity index (χ3n) is 3.71. The highest BCUT2D eigenvalue weighted by Crippen LogP contribution is 2.17. The number of amides is 2. The number of carbonyl (C=O) groups excluding carboxylic acids is 2. The lowest BCUT2D eigenvalue weighted by Gasteiger charge is -2.29. The molecule has 2 rings (SSSR count). The Bertz CT molecular complexity index is 703. The van der Waals surface area contributed by atoms with E-state index in [-0.39, 0.29) is 35.7 Å². The van der Waals surface area contributed by atoms with Crippen molar-refractivity contribution in [3.63, 3.8) is 0 Å². The van der Waals surface area contributed by atoms with Gasteiger partial charge in [0.1, 0.15) is 0 Å². The molecule has 8 nitrogen and oxygen atoms in total. The molecule has 0 aliphatic carbocycles. The normalized spacial score (nSPS) is 14.8. The highest BCUT2D eigenvalue weighted by molar-refractivity contribution is 7.89. The lowest BCUT2D eigenvalue weighted by molar-refractivity contribution is -0.131. The van der Waals surface area contributed by atoms with Crippen molar-refractivity contribution in [3.8, 4) is 0 Å². The summed E-state index contributed by atoms with van der Waals surface area (Å²) in [6.45, 7) is 3.77. The lowest BCUT2D eigenvalue weighted by atomic mass is 10.3. The molecule has 1 aromatic carbocycles. The van der Waals surface area contributed by atoms with Gasteiger partial charge in [-0.3, -0.25) is 9.59 Å². The van der Waals surface area contributed by atoms with Crippen LogP contribution >= 0.6 is 12.4 Å². The first-order chi connectivity index (χ1) is 11.3. The van der Waals surface area contributed by atoms with E-state index in [1.165, 1.54) is 38.2 Å². The largest absolute Gasteiger partial charge is 0.339 e. The molecule has 0 saturated carbocycles. The van der Waals surface area contributed by atoms with E-state index in [4.69, 9.17) is 0 Å². The third-order valence-corrected chi connectivity index (χ3v) is 5.53. The van der Waals surface area contributed by atoms with Crippen LogP contribution < -0.4 is 10.6 Å². The molecule has 0 unspecified atom stereocenters. The van der Waals surface area contributed by atoms with Crippen molar-refractivity contribution < 1.29 is 18.0 Å². The topological polar surface area (TPSA) is 98.8 Å². The van der Waals surface area contributed by atoms with Gasteiger partial charge in [0.05, 0.1) is 11.4 Å². The molecule has 1 aromatic rings. The monoisotopic (exact) mass is 390 g/mol. The van der Waals surface area contributed by atoms with Gasteiger partial charge < -0.3 is 15.5 Å². The minimum Gasteiger partial charge on any atom is -0.339 e. The van der Waals surface area contributed by atoms with Crippen LogP contribution in [0, 0.1) is 0 Å². The van der Waals surface area contributed by atoms with Crippen LogP contribution in [0.2, 0.25) is 0 Å². The molecule has 140 valence electrons. The summed E-state index contributed by atoms with van der Waals surface area (Å²) in [5, 5.41) is 5.72. The maximum atomic E-state index is 12.5. The fourth-order valence-corrected chi connectivity index (χ4v) is 3.50. The zero-order valence-electron chi connectivity index (χ0n) is 14.2. The number of halogens is 1. The smallest absolute Gasteiger partial charge is 0.243 e. The molecule has 1 aliphatic heterocycles. The maximum absolute atomic E-state index is 12.5. The minimum atomic E-state index is -3.76. The summed E-state index contributed by atoms with van der Waals surface area (Å²) in [5.74, 6) is -0.443. The molecular weight excluding hydrogens is 368 g/mol. The van der Waals surface area contributed by atoms with Gasteiger partial charge in [-0.05, 0) is 24.3 Å². The number of rotatable bonds is 5. The standard InChI is InChI=1S/C15H22N4O4S.ClH/c1-12(20)17-13-3-5-14(6-4-13)24(22,23)18(2)11-15(21)19-9-7-16-8-10-19;/h3-6,16H,7-11H2,1-2H3,(H,17,20);1H. The second kappa shape index (κ2) is 9.14. The number of nitrogens with one attached hydrogen (secondary N) is 2. The van der Waals surface area contributed by atoms with Crippen LogP contribution in [0.4, 0.5) is 5.69 Å². The number of hydrogen-bond donors (Lipinski definition) is 2. The SMILES string of the molecule is CC(=O)Nc1ccc(S(=O)(=O)N(C)CC(=O)N2CCNCC2)cc1.Cl. The number of nitrogens with zero attached hydrogens (tertiary/aromatic N) is 2. The highest BCUT2D eigenvalue weighted by atomic mass is 35.5. The Morgan fingerprint density at radius 2 is 1.76 bits per heavy atom. The van der Waals surface area contributed by atoms with Crippen LogP contribution in [0.3, 0.4) is 0 Å². The molecular formula is C15H23ClN4O4S. The van der Waals surface area contributed by atoms with E-state index in [0.29, 0.717) is 31.9 Å². The molecule has 1 saturated heterocycles. The first-order valence-corrected chi connectivity index (χ1v) is 9.07. The quantitative estimate of drug-likeness (QED) is 0.744. The van der Waals surface area contributed by atoms with Crippen LogP contribution in [-0.4, -0.2) is 69.2 Å². The van der Waals surface area contributed by atoms with Crippen molar-refractivity contribution in [2.45, 2.75) is 11.8 Å². The molecule has 1 heterocycles. The van der Waals surface area contributed by atoms with Crippen molar-refractivity contribution in [2.75, 3.05) is 45.1 Å². The van der Waals surface area contributed by atoms with Crippen molar-refractivity contribution in [1.29, 1.82) is 0 Å². The molecule has 25 heavy (non-hydrogen) atoms.